The average Bonchev–Trinajstić information content (AvgIpc) is 3.77. The first-order valence-corrected chi connectivity index (χ1v) is 17.7. The van der Waals surface area contributed by atoms with E-state index in [-0.39, 0.29) is 40.8 Å². The lowest BCUT2D eigenvalue weighted by Crippen LogP contribution is -2.31. The van der Waals surface area contributed by atoms with Crippen LogP contribution in [-0.4, -0.2) is 82.9 Å². The molecule has 0 spiro atoms. The second-order valence-corrected chi connectivity index (χ2v) is 12.8. The minimum Gasteiger partial charge on any atom is -0.466 e. The summed E-state index contributed by atoms with van der Waals surface area (Å²) in [4.78, 5) is 11.1. The molecule has 0 aliphatic heterocycles. The number of pyridine rings is 3. The number of aromatic nitrogens is 9. The number of fused-ring (bicyclic) bond motifs is 2. The molecule has 0 saturated heterocycles. The summed E-state index contributed by atoms with van der Waals surface area (Å²) in [5.41, 5.74) is 1.01. The van der Waals surface area contributed by atoms with Crippen LogP contribution in [0.3, 0.4) is 0 Å². The third kappa shape index (κ3) is 10.9. The zero-order chi connectivity index (χ0) is 44.2. The molecule has 1 fully saturated rings. The van der Waals surface area contributed by atoms with E-state index < -0.39 is 66.2 Å². The molecule has 0 radical (unpaired) electrons. The van der Waals surface area contributed by atoms with E-state index in [0.29, 0.717) is 11.2 Å². The molecule has 2 atom stereocenters. The van der Waals surface area contributed by atoms with Crippen molar-refractivity contribution in [3.05, 3.63) is 78.5 Å². The summed E-state index contributed by atoms with van der Waals surface area (Å²) in [6.07, 6.45) is -7.71. The number of ether oxygens (including phenoxy) is 4. The van der Waals surface area contributed by atoms with Crippen LogP contribution in [0.15, 0.2) is 55.2 Å². The summed E-state index contributed by atoms with van der Waals surface area (Å²) in [6.45, 7) is 4.08. The lowest BCUT2D eigenvalue weighted by molar-refractivity contribution is -0.256. The van der Waals surface area contributed by atoms with Crippen LogP contribution in [0.2, 0.25) is 0 Å². The Bertz CT molecular complexity index is 2400. The van der Waals surface area contributed by atoms with Crippen LogP contribution in [0.4, 0.5) is 48.3 Å². The second kappa shape index (κ2) is 17.8. The van der Waals surface area contributed by atoms with E-state index >= 15 is 0 Å². The van der Waals surface area contributed by atoms with Crippen molar-refractivity contribution in [3.8, 4) is 34.1 Å². The highest BCUT2D eigenvalue weighted by molar-refractivity contribution is 5.64. The van der Waals surface area contributed by atoms with Crippen molar-refractivity contribution in [2.75, 3.05) is 20.3 Å². The molecule has 13 nitrogen and oxygen atoms in total. The normalized spacial score (nSPS) is 14.8. The van der Waals surface area contributed by atoms with Crippen LogP contribution in [0.5, 0.6) is 11.8 Å². The largest absolute Gasteiger partial charge is 0.466 e. The van der Waals surface area contributed by atoms with Crippen LogP contribution in [0.1, 0.15) is 52.2 Å². The molecule has 0 aromatic carbocycles. The minimum absolute atomic E-state index is 0.00186. The number of hydrogen-bond donors (Lipinski definition) is 0. The van der Waals surface area contributed by atoms with Gasteiger partial charge in [-0.1, -0.05) is 13.8 Å². The van der Waals surface area contributed by atoms with Crippen LogP contribution >= 0.6 is 0 Å². The van der Waals surface area contributed by atoms with Gasteiger partial charge in [0.15, 0.2) is 35.6 Å². The highest BCUT2D eigenvalue weighted by Crippen LogP contribution is 2.36. The first-order valence-electron chi connectivity index (χ1n) is 17.7. The van der Waals surface area contributed by atoms with Gasteiger partial charge in [0, 0.05) is 55.5 Å². The number of alkyl halides is 9. The van der Waals surface area contributed by atoms with Gasteiger partial charge < -0.3 is 18.9 Å². The van der Waals surface area contributed by atoms with Gasteiger partial charge in [-0.2, -0.15) is 35.1 Å². The SMILES string of the molecule is CC.COC(C)(F)c1nnc2ccc(-c3cnc(O[C@H](C)C(F)(F)F)c(F)c3)cn12.Fc1cc(-c2cn3c(C(F)(F)OCC4CC4)nnc3cn2)cnc1OCC(F)(F)F. The Kier molecular flexibility index (Phi) is 13.5. The summed E-state index contributed by atoms with van der Waals surface area (Å²) in [6, 6.07) is 4.89. The highest BCUT2D eigenvalue weighted by atomic mass is 19.4. The fraction of sp³-hybridized carbons (Fsp3) is 0.417. The van der Waals surface area contributed by atoms with E-state index in [2.05, 4.69) is 49.6 Å². The fourth-order valence-corrected chi connectivity index (χ4v) is 4.90. The monoisotopic (exact) mass is 865 g/mol. The molecule has 324 valence electrons. The van der Waals surface area contributed by atoms with E-state index in [4.69, 9.17) is 4.74 Å². The van der Waals surface area contributed by atoms with Crippen LogP contribution < -0.4 is 9.47 Å². The van der Waals surface area contributed by atoms with Crippen molar-refractivity contribution in [3.63, 3.8) is 0 Å². The summed E-state index contributed by atoms with van der Waals surface area (Å²) >= 11 is 0. The Hall–Kier alpha value is -5.78. The third-order valence-electron chi connectivity index (χ3n) is 8.30. The number of methoxy groups -OCH3 is 1. The maximum atomic E-state index is 14.5. The Labute approximate surface area is 332 Å². The molecule has 6 heterocycles. The van der Waals surface area contributed by atoms with Crippen molar-refractivity contribution in [2.45, 2.75) is 71.0 Å². The van der Waals surface area contributed by atoms with Gasteiger partial charge in [-0.05, 0) is 49.9 Å². The Balaban J connectivity index is 0.000000219. The quantitative estimate of drug-likeness (QED) is 0.109. The zero-order valence-electron chi connectivity index (χ0n) is 32.0. The van der Waals surface area contributed by atoms with Gasteiger partial charge in [0.25, 0.3) is 17.6 Å². The average molecular weight is 866 g/mol. The molecule has 6 aromatic heterocycles. The molecule has 0 N–H and O–H groups in total. The lowest BCUT2D eigenvalue weighted by atomic mass is 10.1. The molecular formula is C36H34F11N9O4. The third-order valence-corrected chi connectivity index (χ3v) is 8.30. The zero-order valence-corrected chi connectivity index (χ0v) is 32.0. The lowest BCUT2D eigenvalue weighted by Gasteiger charge is -2.17. The summed E-state index contributed by atoms with van der Waals surface area (Å²) in [7, 11) is 1.17. The van der Waals surface area contributed by atoms with Crippen molar-refractivity contribution < 1.29 is 67.2 Å². The second-order valence-electron chi connectivity index (χ2n) is 12.8. The standard InChI is InChI=1S/C17H13F6N5O2.C17H15F5N4O2.C2H6/c18-11-3-10(4-25-14(11)29-8-16(19,20)21)12-6-28-13(5-24-12)26-27-15(28)17(22,23)30-7-9-1-2-9;1-9(17(20,21)22)28-14-12(18)6-11(7-23-14)10-4-5-13-24-25-15(26(13)8-10)16(2,19)27-3;1-2/h3-6,9H,1-2,7-8H2;4-9H,1-3H3;1-2H3/t;9-,16?;/m.1./s1. The van der Waals surface area contributed by atoms with E-state index in [1.165, 1.54) is 23.8 Å². The molecule has 0 bridgehead atoms. The van der Waals surface area contributed by atoms with Gasteiger partial charge in [0.2, 0.25) is 11.6 Å². The molecule has 60 heavy (non-hydrogen) atoms. The number of rotatable bonds is 12. The van der Waals surface area contributed by atoms with Gasteiger partial charge in [-0.15, -0.1) is 20.4 Å². The Morgan fingerprint density at radius 1 is 0.733 bits per heavy atom. The maximum absolute atomic E-state index is 14.5. The van der Waals surface area contributed by atoms with Gasteiger partial charge >= 0.3 is 18.5 Å². The molecule has 6 aromatic rings. The first-order chi connectivity index (χ1) is 28.1. The van der Waals surface area contributed by atoms with E-state index in [1.807, 2.05) is 13.8 Å². The molecule has 1 unspecified atom stereocenters. The summed E-state index contributed by atoms with van der Waals surface area (Å²) < 4.78 is 166. The summed E-state index contributed by atoms with van der Waals surface area (Å²) in [5, 5.41) is 14.7. The van der Waals surface area contributed by atoms with Gasteiger partial charge in [0.05, 0.1) is 18.5 Å². The predicted molar refractivity (Wildman–Crippen MR) is 187 cm³/mol. The molecule has 1 saturated carbocycles. The van der Waals surface area contributed by atoms with Gasteiger partial charge in [-0.25, -0.2) is 23.1 Å². The van der Waals surface area contributed by atoms with Crippen molar-refractivity contribution in [1.29, 1.82) is 0 Å². The van der Waals surface area contributed by atoms with E-state index in [9.17, 15) is 48.3 Å². The number of halogens is 11. The maximum Gasteiger partial charge on any atom is 0.425 e. The van der Waals surface area contributed by atoms with Crippen molar-refractivity contribution in [2.24, 2.45) is 5.92 Å². The molecule has 24 heteroatoms. The van der Waals surface area contributed by atoms with Crippen LogP contribution in [0, 0.1) is 17.6 Å². The Morgan fingerprint density at radius 2 is 1.33 bits per heavy atom. The number of hydrogen-bond acceptors (Lipinski definition) is 11. The van der Waals surface area contributed by atoms with E-state index in [0.717, 1.165) is 68.0 Å². The Morgan fingerprint density at radius 3 is 1.95 bits per heavy atom. The van der Waals surface area contributed by atoms with Gasteiger partial charge in [0.1, 0.15) is 0 Å². The molecule has 1 aliphatic carbocycles. The fourth-order valence-electron chi connectivity index (χ4n) is 4.90. The smallest absolute Gasteiger partial charge is 0.425 e. The topological polar surface area (TPSA) is 136 Å². The first kappa shape index (κ1) is 45.3. The number of nitrogens with zero attached hydrogens (tertiary/aromatic N) is 9. The predicted octanol–water partition coefficient (Wildman–Crippen LogP) is 8.82. The highest BCUT2D eigenvalue weighted by Gasteiger charge is 2.41. The van der Waals surface area contributed by atoms with Crippen LogP contribution in [-0.2, 0) is 21.4 Å². The minimum atomic E-state index is -4.66. The van der Waals surface area contributed by atoms with Crippen molar-refractivity contribution >= 4 is 11.3 Å². The molecule has 0 amide bonds. The van der Waals surface area contributed by atoms with Gasteiger partial charge in [-0.3, -0.25) is 13.8 Å². The van der Waals surface area contributed by atoms with E-state index in [1.54, 1.807) is 6.07 Å². The molecular weight excluding hydrogens is 831 g/mol. The molecule has 1 aliphatic rings. The molecule has 7 rings (SSSR count). The summed E-state index contributed by atoms with van der Waals surface area (Å²) in [5.74, 6) is -6.87. The van der Waals surface area contributed by atoms with Crippen molar-refractivity contribution in [1.82, 2.24) is 44.1 Å². The van der Waals surface area contributed by atoms with Crippen LogP contribution in [0.25, 0.3) is 33.7 Å².